The molecule has 1 N–H and O–H groups in total. The van der Waals surface area contributed by atoms with Crippen molar-refractivity contribution in [2.75, 3.05) is 11.0 Å². The minimum Gasteiger partial charge on any atom is -0.280 e. The van der Waals surface area contributed by atoms with E-state index in [0.717, 1.165) is 37.5 Å². The van der Waals surface area contributed by atoms with Crippen molar-refractivity contribution in [1.29, 1.82) is 0 Å². The highest BCUT2D eigenvalue weighted by Crippen LogP contribution is 2.26. The maximum atomic E-state index is 12.9. The largest absolute Gasteiger partial charge is 0.280 e. The molecule has 0 fully saturated rings. The van der Waals surface area contributed by atoms with E-state index in [1.165, 1.54) is 11.6 Å². The van der Waals surface area contributed by atoms with Crippen molar-refractivity contribution >= 4 is 25.5 Å². The second kappa shape index (κ2) is 7.81. The van der Waals surface area contributed by atoms with Crippen LogP contribution in [0.5, 0.6) is 0 Å². The molecule has 1 aromatic heterocycles. The second-order valence-electron chi connectivity index (χ2n) is 7.35. The van der Waals surface area contributed by atoms with E-state index in [-0.39, 0.29) is 9.92 Å². The van der Waals surface area contributed by atoms with Gasteiger partial charge in [-0.15, -0.1) is 10.2 Å². The van der Waals surface area contributed by atoms with E-state index in [2.05, 4.69) is 14.9 Å². The van der Waals surface area contributed by atoms with Crippen LogP contribution in [-0.2, 0) is 32.7 Å². The van der Waals surface area contributed by atoms with Gasteiger partial charge in [-0.1, -0.05) is 18.2 Å². The molecule has 2 aromatic carbocycles. The van der Waals surface area contributed by atoms with Crippen LogP contribution in [0.15, 0.2) is 64.5 Å². The van der Waals surface area contributed by atoms with Crippen molar-refractivity contribution in [2.45, 2.75) is 35.6 Å². The summed E-state index contributed by atoms with van der Waals surface area (Å²) >= 11 is 0. The first-order chi connectivity index (χ1) is 14.2. The number of aromatic nitrogens is 2. The Labute approximate surface area is 176 Å². The van der Waals surface area contributed by atoms with Crippen LogP contribution in [0.3, 0.4) is 0 Å². The summed E-state index contributed by atoms with van der Waals surface area (Å²) in [7, 11) is -7.17. The summed E-state index contributed by atoms with van der Waals surface area (Å²) in [4.78, 5) is 0.242. The Bertz CT molecular complexity index is 1300. The number of sulfonamides is 1. The lowest BCUT2D eigenvalue weighted by Crippen LogP contribution is -2.14. The zero-order valence-corrected chi connectivity index (χ0v) is 18.0. The summed E-state index contributed by atoms with van der Waals surface area (Å²) < 4.78 is 51.5. The monoisotopic (exact) mass is 443 g/mol. The number of anilines is 1. The highest BCUT2D eigenvalue weighted by atomic mass is 32.2. The van der Waals surface area contributed by atoms with Crippen molar-refractivity contribution in [1.82, 2.24) is 10.2 Å². The van der Waals surface area contributed by atoms with Gasteiger partial charge in [-0.2, -0.15) is 0 Å². The van der Waals surface area contributed by atoms with E-state index in [1.807, 2.05) is 6.07 Å². The van der Waals surface area contributed by atoms with E-state index in [4.69, 9.17) is 0 Å². The van der Waals surface area contributed by atoms with Crippen LogP contribution < -0.4 is 4.72 Å². The van der Waals surface area contributed by atoms with Gasteiger partial charge in [0.25, 0.3) is 10.0 Å². The standard InChI is InChI=1S/C21H21N3O4S2/c1-29(25,26)21-12-11-20(22-23-21)17-7-4-8-18(13-17)24-30(27,28)19-10-9-15-5-2-3-6-16(15)14-19/h4,7-14,24H,2-3,5-6H2,1H3. The Hall–Kier alpha value is -2.78. The van der Waals surface area contributed by atoms with E-state index >= 15 is 0 Å². The number of nitrogens with zero attached hydrogens (tertiary/aromatic N) is 2. The molecule has 3 aromatic rings. The third kappa shape index (κ3) is 4.36. The zero-order chi connectivity index (χ0) is 21.4. The normalized spacial score (nSPS) is 14.2. The fraction of sp³-hybridized carbons (Fsp3) is 0.238. The third-order valence-corrected chi connectivity index (χ3v) is 7.42. The van der Waals surface area contributed by atoms with Crippen molar-refractivity contribution in [3.8, 4) is 11.3 Å². The molecule has 156 valence electrons. The Balaban J connectivity index is 1.60. The number of benzene rings is 2. The Morgan fingerprint density at radius 2 is 1.60 bits per heavy atom. The summed E-state index contributed by atoms with van der Waals surface area (Å²) in [5.74, 6) is 0. The molecule has 0 saturated carbocycles. The molecule has 0 aliphatic heterocycles. The molecule has 1 heterocycles. The average Bonchev–Trinajstić information content (AvgIpc) is 2.73. The van der Waals surface area contributed by atoms with Gasteiger partial charge in [0.1, 0.15) is 0 Å². The molecule has 0 amide bonds. The predicted octanol–water partition coefficient (Wildman–Crippen LogP) is 3.23. The van der Waals surface area contributed by atoms with Crippen LogP contribution in [0.2, 0.25) is 0 Å². The smallest absolute Gasteiger partial charge is 0.261 e. The molecule has 0 bridgehead atoms. The van der Waals surface area contributed by atoms with Crippen LogP contribution in [0.4, 0.5) is 5.69 Å². The molecule has 0 unspecified atom stereocenters. The third-order valence-electron chi connectivity index (χ3n) is 5.06. The number of hydrogen-bond donors (Lipinski definition) is 1. The molecule has 1 aliphatic rings. The topological polar surface area (TPSA) is 106 Å². The van der Waals surface area contributed by atoms with Gasteiger partial charge in [-0.3, -0.25) is 4.72 Å². The summed E-state index contributed by atoms with van der Waals surface area (Å²) in [6.07, 6.45) is 5.16. The number of nitrogens with one attached hydrogen (secondary N) is 1. The quantitative estimate of drug-likeness (QED) is 0.649. The lowest BCUT2D eigenvalue weighted by Gasteiger charge is -2.17. The van der Waals surface area contributed by atoms with Crippen LogP contribution in [0.25, 0.3) is 11.3 Å². The van der Waals surface area contributed by atoms with Crippen molar-refractivity contribution < 1.29 is 16.8 Å². The number of fused-ring (bicyclic) bond motifs is 1. The number of rotatable bonds is 5. The summed E-state index contributed by atoms with van der Waals surface area (Å²) in [5.41, 5.74) is 3.77. The van der Waals surface area contributed by atoms with Gasteiger partial charge < -0.3 is 0 Å². The molecule has 30 heavy (non-hydrogen) atoms. The molecule has 7 nitrogen and oxygen atoms in total. The van der Waals surface area contributed by atoms with Crippen LogP contribution in [0.1, 0.15) is 24.0 Å². The van der Waals surface area contributed by atoms with E-state index in [0.29, 0.717) is 16.9 Å². The van der Waals surface area contributed by atoms with Crippen LogP contribution in [0, 0.1) is 0 Å². The van der Waals surface area contributed by atoms with Gasteiger partial charge >= 0.3 is 0 Å². The zero-order valence-electron chi connectivity index (χ0n) is 16.4. The summed E-state index contributed by atoms with van der Waals surface area (Å²) in [5, 5.41) is 7.58. The van der Waals surface area contributed by atoms with Gasteiger partial charge in [-0.25, -0.2) is 16.8 Å². The second-order valence-corrected chi connectivity index (χ2v) is 11.0. The Morgan fingerprint density at radius 3 is 2.30 bits per heavy atom. The molecule has 9 heteroatoms. The van der Waals surface area contributed by atoms with E-state index < -0.39 is 19.9 Å². The minimum atomic E-state index is -3.74. The predicted molar refractivity (Wildman–Crippen MR) is 114 cm³/mol. The number of sulfone groups is 1. The fourth-order valence-corrected chi connectivity index (χ4v) is 5.11. The number of aryl methyl sites for hydroxylation is 2. The minimum absolute atomic E-state index is 0.115. The van der Waals surface area contributed by atoms with Crippen LogP contribution in [-0.4, -0.2) is 33.3 Å². The summed E-state index contributed by atoms with van der Waals surface area (Å²) in [6, 6.07) is 15.0. The molecular weight excluding hydrogens is 422 g/mol. The first kappa shape index (κ1) is 20.5. The molecule has 0 spiro atoms. The molecule has 0 radical (unpaired) electrons. The SMILES string of the molecule is CS(=O)(=O)c1ccc(-c2cccc(NS(=O)(=O)c3ccc4c(c3)CCCC4)c2)nn1. The van der Waals surface area contributed by atoms with E-state index in [9.17, 15) is 16.8 Å². The Morgan fingerprint density at radius 1 is 0.833 bits per heavy atom. The molecular formula is C21H21N3O4S2. The Kier molecular flexibility index (Phi) is 5.33. The van der Waals surface area contributed by atoms with Crippen molar-refractivity contribution in [3.63, 3.8) is 0 Å². The average molecular weight is 444 g/mol. The molecule has 0 atom stereocenters. The first-order valence-corrected chi connectivity index (χ1v) is 12.9. The molecule has 1 aliphatic carbocycles. The maximum absolute atomic E-state index is 12.9. The lowest BCUT2D eigenvalue weighted by atomic mass is 9.92. The maximum Gasteiger partial charge on any atom is 0.261 e. The van der Waals surface area contributed by atoms with Crippen molar-refractivity contribution in [2.24, 2.45) is 0 Å². The number of hydrogen-bond acceptors (Lipinski definition) is 6. The van der Waals surface area contributed by atoms with Crippen LogP contribution >= 0.6 is 0 Å². The van der Waals surface area contributed by atoms with E-state index in [1.54, 1.807) is 42.5 Å². The highest BCUT2D eigenvalue weighted by Gasteiger charge is 2.18. The first-order valence-electron chi connectivity index (χ1n) is 9.51. The highest BCUT2D eigenvalue weighted by molar-refractivity contribution is 7.92. The van der Waals surface area contributed by atoms with Crippen molar-refractivity contribution in [3.05, 3.63) is 65.7 Å². The van der Waals surface area contributed by atoms with Gasteiger partial charge in [0, 0.05) is 17.5 Å². The molecule has 0 saturated heterocycles. The molecule has 4 rings (SSSR count). The van der Waals surface area contributed by atoms with Gasteiger partial charge in [-0.05, 0) is 73.2 Å². The summed E-state index contributed by atoms with van der Waals surface area (Å²) in [6.45, 7) is 0. The van der Waals surface area contributed by atoms with Gasteiger partial charge in [0.15, 0.2) is 14.9 Å². The lowest BCUT2D eigenvalue weighted by molar-refractivity contribution is 0.595. The fourth-order valence-electron chi connectivity index (χ4n) is 3.50. The van der Waals surface area contributed by atoms with Gasteiger partial charge in [0.2, 0.25) is 0 Å². The van der Waals surface area contributed by atoms with Gasteiger partial charge in [0.05, 0.1) is 10.6 Å².